The molecule has 0 aliphatic rings. The number of unbranched alkanes of at least 4 members (excludes halogenated alkanes) is 1. The summed E-state index contributed by atoms with van der Waals surface area (Å²) in [5, 5.41) is 3.37. The van der Waals surface area contributed by atoms with Gasteiger partial charge in [-0.3, -0.25) is 4.79 Å². The van der Waals surface area contributed by atoms with Gasteiger partial charge in [-0.1, -0.05) is 54.0 Å². The second-order valence-corrected chi connectivity index (χ2v) is 7.33. The molecule has 1 N–H and O–H groups in total. The van der Waals surface area contributed by atoms with Crippen LogP contribution in [0.25, 0.3) is 0 Å². The highest BCUT2D eigenvalue weighted by molar-refractivity contribution is 5.21. The monoisotopic (exact) mass is 292 g/mol. The minimum atomic E-state index is -0.00318. The van der Waals surface area contributed by atoms with E-state index in [1.54, 1.807) is 0 Å². The van der Waals surface area contributed by atoms with Crippen molar-refractivity contribution in [1.29, 1.82) is 0 Å². The Morgan fingerprint density at radius 1 is 1.24 bits per heavy atom. The first kappa shape index (κ1) is 18.0. The molecule has 0 amide bonds. The van der Waals surface area contributed by atoms with E-state index >= 15 is 0 Å². The molecule has 0 unspecified atom stereocenters. The van der Waals surface area contributed by atoms with Gasteiger partial charge in [-0.2, -0.15) is 0 Å². The van der Waals surface area contributed by atoms with Crippen LogP contribution in [0, 0.1) is 5.92 Å². The molecular formula is C18H32N2O. The topological polar surface area (TPSA) is 34.0 Å². The third kappa shape index (κ3) is 5.31. The van der Waals surface area contributed by atoms with Crippen LogP contribution in [0.5, 0.6) is 0 Å². The first-order valence-corrected chi connectivity index (χ1v) is 8.21. The Morgan fingerprint density at radius 2 is 1.90 bits per heavy atom. The normalized spacial score (nSPS) is 12.1. The minimum absolute atomic E-state index is 0.00318. The predicted octanol–water partition coefficient (Wildman–Crippen LogP) is 3.69. The molecule has 1 heterocycles. The maximum Gasteiger partial charge on any atom is 0.255 e. The van der Waals surface area contributed by atoms with E-state index in [4.69, 9.17) is 0 Å². The summed E-state index contributed by atoms with van der Waals surface area (Å²) in [6.07, 6.45) is 2.15. The summed E-state index contributed by atoms with van der Waals surface area (Å²) < 4.78 is 1.98. The number of hydrogen-bond acceptors (Lipinski definition) is 2. The molecular weight excluding hydrogens is 260 g/mol. The van der Waals surface area contributed by atoms with Gasteiger partial charge in [0.25, 0.3) is 5.56 Å². The summed E-state index contributed by atoms with van der Waals surface area (Å²) in [6, 6.07) is 4.13. The molecule has 21 heavy (non-hydrogen) atoms. The molecule has 0 atom stereocenters. The summed E-state index contributed by atoms with van der Waals surface area (Å²) in [5.41, 5.74) is 2.18. The molecule has 0 aromatic carbocycles. The Bertz CT molecular complexity index is 495. The average Bonchev–Trinajstić information content (AvgIpc) is 2.37. The van der Waals surface area contributed by atoms with Gasteiger partial charge in [0.15, 0.2) is 0 Å². The molecule has 0 fully saturated rings. The van der Waals surface area contributed by atoms with Crippen molar-refractivity contribution in [3.05, 3.63) is 33.7 Å². The molecule has 120 valence electrons. The molecule has 1 rings (SSSR count). The van der Waals surface area contributed by atoms with Crippen molar-refractivity contribution in [2.45, 2.75) is 72.9 Å². The number of pyridine rings is 1. The third-order valence-corrected chi connectivity index (χ3v) is 3.62. The SMILES string of the molecule is CCCCn1c(C(C)(C)C)ccc(CNCC(C)C)c1=O. The molecule has 0 bridgehead atoms. The quantitative estimate of drug-likeness (QED) is 0.831. The first-order chi connectivity index (χ1) is 9.77. The number of nitrogens with one attached hydrogen (secondary N) is 1. The molecule has 0 saturated carbocycles. The highest BCUT2D eigenvalue weighted by Gasteiger charge is 2.19. The van der Waals surface area contributed by atoms with Crippen molar-refractivity contribution in [3.8, 4) is 0 Å². The van der Waals surface area contributed by atoms with Crippen LogP contribution in [0.2, 0.25) is 0 Å². The fourth-order valence-electron chi connectivity index (χ4n) is 2.45. The summed E-state index contributed by atoms with van der Waals surface area (Å²) in [4.78, 5) is 12.7. The molecule has 3 heteroatoms. The maximum absolute atomic E-state index is 12.7. The highest BCUT2D eigenvalue weighted by Crippen LogP contribution is 2.21. The zero-order chi connectivity index (χ0) is 16.0. The lowest BCUT2D eigenvalue weighted by atomic mass is 9.90. The third-order valence-electron chi connectivity index (χ3n) is 3.62. The van der Waals surface area contributed by atoms with Gasteiger partial charge >= 0.3 is 0 Å². The lowest BCUT2D eigenvalue weighted by molar-refractivity contribution is 0.483. The van der Waals surface area contributed by atoms with E-state index in [-0.39, 0.29) is 11.0 Å². The van der Waals surface area contributed by atoms with E-state index in [1.807, 2.05) is 10.6 Å². The van der Waals surface area contributed by atoms with Crippen LogP contribution in [-0.4, -0.2) is 11.1 Å². The Kier molecular flexibility index (Phi) is 6.66. The van der Waals surface area contributed by atoms with Crippen molar-refractivity contribution in [1.82, 2.24) is 9.88 Å². The number of aromatic nitrogens is 1. The van der Waals surface area contributed by atoms with Crippen molar-refractivity contribution in [2.24, 2.45) is 5.92 Å². The second kappa shape index (κ2) is 7.79. The van der Waals surface area contributed by atoms with Gasteiger partial charge < -0.3 is 9.88 Å². The summed E-state index contributed by atoms with van der Waals surface area (Å²) in [5.74, 6) is 0.598. The Labute approximate surface area is 129 Å². The highest BCUT2D eigenvalue weighted by atomic mass is 16.1. The van der Waals surface area contributed by atoms with Gasteiger partial charge in [-0.15, -0.1) is 0 Å². The van der Waals surface area contributed by atoms with Gasteiger partial charge in [0.1, 0.15) is 0 Å². The van der Waals surface area contributed by atoms with Crippen LogP contribution in [0.4, 0.5) is 0 Å². The maximum atomic E-state index is 12.7. The average molecular weight is 292 g/mol. The van der Waals surface area contributed by atoms with Crippen molar-refractivity contribution >= 4 is 0 Å². The van der Waals surface area contributed by atoms with Gasteiger partial charge in [-0.05, 0) is 24.9 Å². The Balaban J connectivity index is 3.06. The molecule has 3 nitrogen and oxygen atoms in total. The lowest BCUT2D eigenvalue weighted by Gasteiger charge is -2.25. The van der Waals surface area contributed by atoms with Crippen molar-refractivity contribution in [2.75, 3.05) is 6.54 Å². The van der Waals surface area contributed by atoms with Crippen LogP contribution < -0.4 is 10.9 Å². The summed E-state index contributed by atoms with van der Waals surface area (Å²) in [7, 11) is 0. The molecule has 1 aromatic rings. The smallest absolute Gasteiger partial charge is 0.255 e. The van der Waals surface area contributed by atoms with Crippen LogP contribution >= 0.6 is 0 Å². The summed E-state index contributed by atoms with van der Waals surface area (Å²) in [6.45, 7) is 15.4. The van der Waals surface area contributed by atoms with E-state index in [0.29, 0.717) is 12.5 Å². The fraction of sp³-hybridized carbons (Fsp3) is 0.722. The number of nitrogens with zero attached hydrogens (tertiary/aromatic N) is 1. The molecule has 0 aliphatic heterocycles. The number of rotatable bonds is 7. The molecule has 0 saturated heterocycles. The largest absolute Gasteiger partial charge is 0.312 e. The first-order valence-electron chi connectivity index (χ1n) is 8.21. The zero-order valence-corrected chi connectivity index (χ0v) is 14.6. The van der Waals surface area contributed by atoms with E-state index in [2.05, 4.69) is 52.9 Å². The van der Waals surface area contributed by atoms with Gasteiger partial charge in [0.2, 0.25) is 0 Å². The summed E-state index contributed by atoms with van der Waals surface area (Å²) >= 11 is 0. The van der Waals surface area contributed by atoms with Gasteiger partial charge in [0.05, 0.1) is 0 Å². The minimum Gasteiger partial charge on any atom is -0.312 e. The predicted molar refractivity (Wildman–Crippen MR) is 90.9 cm³/mol. The van der Waals surface area contributed by atoms with E-state index in [0.717, 1.165) is 37.2 Å². The molecule has 0 radical (unpaired) electrons. The van der Waals surface area contributed by atoms with Gasteiger partial charge in [0, 0.05) is 29.8 Å². The van der Waals surface area contributed by atoms with Crippen molar-refractivity contribution < 1.29 is 0 Å². The van der Waals surface area contributed by atoms with Crippen LogP contribution in [0.15, 0.2) is 16.9 Å². The molecule has 0 spiro atoms. The van der Waals surface area contributed by atoms with Crippen molar-refractivity contribution in [3.63, 3.8) is 0 Å². The Hall–Kier alpha value is -1.09. The Morgan fingerprint density at radius 3 is 2.43 bits per heavy atom. The standard InChI is InChI=1S/C18H32N2O/c1-7-8-11-20-16(18(4,5)6)10-9-15(17(20)21)13-19-12-14(2)3/h9-10,14,19H,7-8,11-13H2,1-6H3. The van der Waals surface area contributed by atoms with Crippen LogP contribution in [0.3, 0.4) is 0 Å². The second-order valence-electron chi connectivity index (χ2n) is 7.33. The molecule has 1 aromatic heterocycles. The number of hydrogen-bond donors (Lipinski definition) is 1. The van der Waals surface area contributed by atoms with Crippen LogP contribution in [0.1, 0.15) is 65.6 Å². The molecule has 0 aliphatic carbocycles. The lowest BCUT2D eigenvalue weighted by Crippen LogP contribution is -2.33. The fourth-order valence-corrected chi connectivity index (χ4v) is 2.45. The van der Waals surface area contributed by atoms with Crippen LogP contribution in [-0.2, 0) is 18.5 Å². The van der Waals surface area contributed by atoms with E-state index in [1.165, 1.54) is 0 Å². The van der Waals surface area contributed by atoms with Gasteiger partial charge in [-0.25, -0.2) is 0 Å². The van der Waals surface area contributed by atoms with E-state index in [9.17, 15) is 4.79 Å². The van der Waals surface area contributed by atoms with E-state index < -0.39 is 0 Å². The zero-order valence-electron chi connectivity index (χ0n) is 14.6.